The van der Waals surface area contributed by atoms with E-state index in [0.29, 0.717) is 23.4 Å². The number of anilines is 1. The number of esters is 1. The van der Waals surface area contributed by atoms with E-state index in [1.807, 2.05) is 6.92 Å². The van der Waals surface area contributed by atoms with Gasteiger partial charge in [-0.2, -0.15) is 11.8 Å². The van der Waals surface area contributed by atoms with Crippen molar-refractivity contribution in [2.45, 2.75) is 58.5 Å². The van der Waals surface area contributed by atoms with Gasteiger partial charge in [0.05, 0.1) is 16.3 Å². The summed E-state index contributed by atoms with van der Waals surface area (Å²) in [6.07, 6.45) is 5.27. The second kappa shape index (κ2) is 10.0. The molecule has 0 bridgehead atoms. The molecule has 0 saturated heterocycles. The molecule has 2 aliphatic rings. The Balaban J connectivity index is 1.79. The summed E-state index contributed by atoms with van der Waals surface area (Å²) in [5.74, 6) is 0.122. The molecule has 0 spiro atoms. The van der Waals surface area contributed by atoms with Crippen LogP contribution in [-0.4, -0.2) is 29.5 Å². The average molecular weight is 452 g/mol. The van der Waals surface area contributed by atoms with Gasteiger partial charge >= 0.3 is 5.97 Å². The van der Waals surface area contributed by atoms with Crippen molar-refractivity contribution in [2.75, 3.05) is 16.4 Å². The Labute approximate surface area is 186 Å². The summed E-state index contributed by atoms with van der Waals surface area (Å²) in [7, 11) is 0. The summed E-state index contributed by atoms with van der Waals surface area (Å²) in [5.41, 5.74) is 2.10. The van der Waals surface area contributed by atoms with Crippen LogP contribution < -0.4 is 4.90 Å². The van der Waals surface area contributed by atoms with Crippen LogP contribution in [0.4, 0.5) is 10.1 Å². The van der Waals surface area contributed by atoms with Gasteiger partial charge in [0.2, 0.25) is 0 Å². The SMILES string of the molecule is C=C1C2=C(CCCC2)C(=O)N1c1cc(C(=O)OC(C)CSCCCC)c(Cl)cc1F. The Hall–Kier alpha value is -1.79. The zero-order valence-corrected chi connectivity index (χ0v) is 19.0. The number of carbonyl (C=O) groups is 2. The highest BCUT2D eigenvalue weighted by Crippen LogP contribution is 2.42. The molecule has 1 aromatic carbocycles. The molecule has 7 heteroatoms. The summed E-state index contributed by atoms with van der Waals surface area (Å²) in [6.45, 7) is 7.96. The number of carbonyl (C=O) groups excluding carboxylic acids is 2. The molecule has 1 aromatic rings. The van der Waals surface area contributed by atoms with Crippen molar-refractivity contribution in [1.29, 1.82) is 0 Å². The Morgan fingerprint density at radius 2 is 2.03 bits per heavy atom. The molecular weight excluding hydrogens is 425 g/mol. The van der Waals surface area contributed by atoms with E-state index in [1.54, 1.807) is 11.8 Å². The Bertz CT molecular complexity index is 871. The Morgan fingerprint density at radius 3 is 2.70 bits per heavy atom. The lowest BCUT2D eigenvalue weighted by Crippen LogP contribution is -2.26. The number of unbranched alkanes of at least 4 members (excludes halogenated alkanes) is 1. The van der Waals surface area contributed by atoms with Crippen molar-refractivity contribution in [3.8, 4) is 0 Å². The highest BCUT2D eigenvalue weighted by molar-refractivity contribution is 7.99. The first kappa shape index (κ1) is 22.9. The Kier molecular flexibility index (Phi) is 7.64. The second-order valence-electron chi connectivity index (χ2n) is 7.68. The zero-order valence-electron chi connectivity index (χ0n) is 17.4. The van der Waals surface area contributed by atoms with Crippen molar-refractivity contribution < 1.29 is 18.7 Å². The first-order valence-corrected chi connectivity index (χ1v) is 11.9. The van der Waals surface area contributed by atoms with Gasteiger partial charge < -0.3 is 4.74 Å². The van der Waals surface area contributed by atoms with Gasteiger partial charge in [-0.1, -0.05) is 31.5 Å². The molecule has 1 amide bonds. The van der Waals surface area contributed by atoms with E-state index >= 15 is 0 Å². The number of benzene rings is 1. The number of thioether (sulfide) groups is 1. The number of ether oxygens (including phenoxy) is 1. The molecule has 0 radical (unpaired) electrons. The van der Waals surface area contributed by atoms with Crippen molar-refractivity contribution in [3.05, 3.63) is 52.0 Å². The van der Waals surface area contributed by atoms with E-state index in [9.17, 15) is 14.0 Å². The number of hydrogen-bond donors (Lipinski definition) is 0. The fraction of sp³-hybridized carbons (Fsp3) is 0.478. The second-order valence-corrected chi connectivity index (χ2v) is 9.24. The molecule has 0 N–H and O–H groups in total. The standard InChI is InChI=1S/C23H27ClFNO3S/c1-4-5-10-30-13-14(2)29-23(28)18-11-21(20(25)12-19(18)24)26-15(3)16-8-6-7-9-17(16)22(26)27/h11-12,14H,3-10,13H2,1-2H3. The van der Waals surface area contributed by atoms with E-state index in [4.69, 9.17) is 16.3 Å². The van der Waals surface area contributed by atoms with E-state index in [0.717, 1.165) is 49.5 Å². The number of amides is 1. The fourth-order valence-corrected chi connectivity index (χ4v) is 5.04. The maximum Gasteiger partial charge on any atom is 0.340 e. The molecule has 1 atom stereocenters. The number of allylic oxidation sites excluding steroid dienone is 1. The van der Waals surface area contributed by atoms with Gasteiger partial charge in [-0.25, -0.2) is 9.18 Å². The summed E-state index contributed by atoms with van der Waals surface area (Å²) in [4.78, 5) is 26.9. The van der Waals surface area contributed by atoms with Crippen LogP contribution in [0.5, 0.6) is 0 Å². The molecule has 0 fully saturated rings. The number of rotatable bonds is 8. The van der Waals surface area contributed by atoms with Crippen molar-refractivity contribution >= 4 is 40.9 Å². The predicted octanol–water partition coefficient (Wildman–Crippen LogP) is 6.29. The van der Waals surface area contributed by atoms with Gasteiger partial charge in [-0.05, 0) is 62.5 Å². The molecule has 162 valence electrons. The van der Waals surface area contributed by atoms with E-state index in [2.05, 4.69) is 13.5 Å². The lowest BCUT2D eigenvalue weighted by Gasteiger charge is -2.21. The van der Waals surface area contributed by atoms with Crippen molar-refractivity contribution in [1.82, 2.24) is 0 Å². The number of halogens is 2. The monoisotopic (exact) mass is 451 g/mol. The minimum absolute atomic E-state index is 0.0132. The quantitative estimate of drug-likeness (QED) is 0.344. The van der Waals surface area contributed by atoms with Crippen LogP contribution in [0.15, 0.2) is 35.6 Å². The summed E-state index contributed by atoms with van der Waals surface area (Å²) in [5, 5.41) is -0.0398. The van der Waals surface area contributed by atoms with Crippen LogP contribution in [0.2, 0.25) is 5.02 Å². The number of nitrogens with zero attached hydrogens (tertiary/aromatic N) is 1. The van der Waals surface area contributed by atoms with E-state index in [-0.39, 0.29) is 28.3 Å². The maximum atomic E-state index is 14.8. The molecule has 1 aliphatic carbocycles. The molecule has 3 rings (SSSR count). The van der Waals surface area contributed by atoms with Gasteiger partial charge in [0.25, 0.3) is 5.91 Å². The van der Waals surface area contributed by atoms with Crippen LogP contribution >= 0.6 is 23.4 Å². The van der Waals surface area contributed by atoms with Crippen LogP contribution in [0.3, 0.4) is 0 Å². The van der Waals surface area contributed by atoms with Crippen LogP contribution in [0, 0.1) is 5.82 Å². The van der Waals surface area contributed by atoms with Gasteiger partial charge in [-0.15, -0.1) is 0 Å². The molecule has 1 unspecified atom stereocenters. The summed E-state index contributed by atoms with van der Waals surface area (Å²) < 4.78 is 20.3. The molecule has 1 heterocycles. The lowest BCUT2D eigenvalue weighted by atomic mass is 9.93. The highest BCUT2D eigenvalue weighted by Gasteiger charge is 2.37. The maximum absolute atomic E-state index is 14.8. The van der Waals surface area contributed by atoms with Gasteiger partial charge in [0.15, 0.2) is 0 Å². The Morgan fingerprint density at radius 1 is 1.33 bits per heavy atom. The summed E-state index contributed by atoms with van der Waals surface area (Å²) >= 11 is 7.87. The van der Waals surface area contributed by atoms with Crippen LogP contribution in [-0.2, 0) is 9.53 Å². The third-order valence-corrected chi connectivity index (χ3v) is 6.94. The molecule has 4 nitrogen and oxygen atoms in total. The molecule has 30 heavy (non-hydrogen) atoms. The van der Waals surface area contributed by atoms with Gasteiger partial charge in [-0.3, -0.25) is 9.69 Å². The summed E-state index contributed by atoms with van der Waals surface area (Å²) in [6, 6.07) is 2.37. The minimum atomic E-state index is -0.672. The van der Waals surface area contributed by atoms with Gasteiger partial charge in [0, 0.05) is 17.0 Å². The van der Waals surface area contributed by atoms with E-state index < -0.39 is 11.8 Å². The minimum Gasteiger partial charge on any atom is -0.458 e. The topological polar surface area (TPSA) is 46.6 Å². The zero-order chi connectivity index (χ0) is 21.8. The first-order valence-electron chi connectivity index (χ1n) is 10.4. The largest absolute Gasteiger partial charge is 0.458 e. The number of hydrogen-bond acceptors (Lipinski definition) is 4. The lowest BCUT2D eigenvalue weighted by molar-refractivity contribution is -0.114. The molecule has 1 aliphatic heterocycles. The molecule has 0 saturated carbocycles. The molecular formula is C23H27ClFNO3S. The van der Waals surface area contributed by atoms with E-state index in [1.165, 1.54) is 11.0 Å². The highest BCUT2D eigenvalue weighted by atomic mass is 35.5. The normalized spacial score (nSPS) is 17.4. The third kappa shape index (κ3) is 4.75. The van der Waals surface area contributed by atoms with Gasteiger partial charge in [0.1, 0.15) is 11.9 Å². The fourth-order valence-electron chi connectivity index (χ4n) is 3.75. The third-order valence-electron chi connectivity index (χ3n) is 5.35. The predicted molar refractivity (Wildman–Crippen MR) is 121 cm³/mol. The van der Waals surface area contributed by atoms with Crippen LogP contribution in [0.25, 0.3) is 0 Å². The van der Waals surface area contributed by atoms with Crippen molar-refractivity contribution in [2.24, 2.45) is 0 Å². The smallest absolute Gasteiger partial charge is 0.340 e. The van der Waals surface area contributed by atoms with Crippen molar-refractivity contribution in [3.63, 3.8) is 0 Å². The van der Waals surface area contributed by atoms with Crippen LogP contribution in [0.1, 0.15) is 62.7 Å². The average Bonchev–Trinajstić information content (AvgIpc) is 2.96. The first-order chi connectivity index (χ1) is 14.3. The molecule has 0 aromatic heterocycles.